The number of ether oxygens (including phenoxy) is 1. The van der Waals surface area contributed by atoms with Gasteiger partial charge in [0.15, 0.2) is 0 Å². The molecule has 2 N–H and O–H groups in total. The molecule has 1 fully saturated rings. The Balaban J connectivity index is 1.68. The van der Waals surface area contributed by atoms with E-state index in [1.54, 1.807) is 30.5 Å². The van der Waals surface area contributed by atoms with Crippen LogP contribution in [0.3, 0.4) is 0 Å². The average molecular weight is 375 g/mol. The summed E-state index contributed by atoms with van der Waals surface area (Å²) in [6.07, 6.45) is 5.91. The van der Waals surface area contributed by atoms with Crippen LogP contribution in [-0.2, 0) is 14.8 Å². The third-order valence-corrected chi connectivity index (χ3v) is 5.52. The summed E-state index contributed by atoms with van der Waals surface area (Å²) in [5, 5.41) is 2.68. The van der Waals surface area contributed by atoms with Crippen LogP contribution in [0.1, 0.15) is 29.6 Å². The second kappa shape index (κ2) is 8.39. The molecular weight excluding hydrogens is 354 g/mol. The summed E-state index contributed by atoms with van der Waals surface area (Å²) in [6, 6.07) is 9.34. The van der Waals surface area contributed by atoms with E-state index in [4.69, 9.17) is 4.74 Å². The van der Waals surface area contributed by atoms with E-state index >= 15 is 0 Å². The molecule has 0 radical (unpaired) electrons. The molecule has 1 aliphatic rings. The van der Waals surface area contributed by atoms with E-state index in [-0.39, 0.29) is 23.1 Å². The van der Waals surface area contributed by atoms with Crippen LogP contribution in [-0.4, -0.2) is 38.6 Å². The number of carbonyl (C=O) groups excluding carboxylic acids is 1. The first-order valence-electron chi connectivity index (χ1n) is 8.47. The molecule has 0 saturated carbocycles. The number of aromatic nitrogens is 1. The minimum atomic E-state index is -3.71. The van der Waals surface area contributed by atoms with Gasteiger partial charge in [0.2, 0.25) is 10.0 Å². The third-order valence-electron chi connectivity index (χ3n) is 4.10. The van der Waals surface area contributed by atoms with Gasteiger partial charge in [-0.15, -0.1) is 0 Å². The molecule has 7 nitrogen and oxygen atoms in total. The van der Waals surface area contributed by atoms with Gasteiger partial charge in [-0.05, 0) is 49.6 Å². The largest absolute Gasteiger partial charge is 0.377 e. The Morgan fingerprint density at radius 3 is 2.85 bits per heavy atom. The summed E-state index contributed by atoms with van der Waals surface area (Å²) in [5.41, 5.74) is 0.795. The van der Waals surface area contributed by atoms with Crippen molar-refractivity contribution in [1.29, 1.82) is 0 Å². The molecule has 1 unspecified atom stereocenters. The number of nitrogens with one attached hydrogen (secondary N) is 2. The molecule has 1 saturated heterocycles. The van der Waals surface area contributed by atoms with Crippen LogP contribution in [0.2, 0.25) is 0 Å². The summed E-state index contributed by atoms with van der Waals surface area (Å²) in [5.74, 6) is -0.398. The highest BCUT2D eigenvalue weighted by atomic mass is 32.2. The molecule has 1 aromatic heterocycles. The Morgan fingerprint density at radius 2 is 2.12 bits per heavy atom. The van der Waals surface area contributed by atoms with E-state index < -0.39 is 15.9 Å². The summed E-state index contributed by atoms with van der Waals surface area (Å²) < 4.78 is 33.1. The second-order valence-electron chi connectivity index (χ2n) is 6.06. The van der Waals surface area contributed by atoms with E-state index in [0.29, 0.717) is 12.3 Å². The van der Waals surface area contributed by atoms with Gasteiger partial charge in [-0.1, -0.05) is 6.07 Å². The SMILES string of the molecule is O=C(Nc1cccnc1)c1cccc(S(=O)(=O)NCC2CCCCO2)c1. The van der Waals surface area contributed by atoms with Crippen LogP contribution in [0.5, 0.6) is 0 Å². The first-order chi connectivity index (χ1) is 12.5. The molecule has 8 heteroatoms. The number of benzene rings is 1. The van der Waals surface area contributed by atoms with Crippen molar-refractivity contribution in [2.24, 2.45) is 0 Å². The Labute approximate surface area is 152 Å². The number of carbonyl (C=O) groups is 1. The average Bonchev–Trinajstić information content (AvgIpc) is 2.68. The van der Waals surface area contributed by atoms with Gasteiger partial charge in [0.1, 0.15) is 0 Å². The van der Waals surface area contributed by atoms with Crippen LogP contribution in [0, 0.1) is 0 Å². The maximum Gasteiger partial charge on any atom is 0.255 e. The maximum absolute atomic E-state index is 12.5. The van der Waals surface area contributed by atoms with Crippen molar-refractivity contribution in [1.82, 2.24) is 9.71 Å². The lowest BCUT2D eigenvalue weighted by molar-refractivity contribution is 0.0200. The number of pyridine rings is 1. The van der Waals surface area contributed by atoms with Gasteiger partial charge < -0.3 is 10.1 Å². The van der Waals surface area contributed by atoms with Crippen LogP contribution >= 0.6 is 0 Å². The van der Waals surface area contributed by atoms with Gasteiger partial charge in [-0.2, -0.15) is 0 Å². The van der Waals surface area contributed by atoms with Crippen molar-refractivity contribution >= 4 is 21.6 Å². The van der Waals surface area contributed by atoms with Gasteiger partial charge in [-0.25, -0.2) is 13.1 Å². The lowest BCUT2D eigenvalue weighted by atomic mass is 10.1. The molecule has 3 rings (SSSR count). The molecule has 0 aliphatic carbocycles. The van der Waals surface area contributed by atoms with E-state index in [0.717, 1.165) is 19.3 Å². The van der Waals surface area contributed by atoms with E-state index in [1.165, 1.54) is 18.3 Å². The quantitative estimate of drug-likeness (QED) is 0.807. The molecule has 2 heterocycles. The normalized spacial score (nSPS) is 17.6. The summed E-state index contributed by atoms with van der Waals surface area (Å²) >= 11 is 0. The molecule has 1 aromatic carbocycles. The van der Waals surface area contributed by atoms with Gasteiger partial charge in [0.05, 0.1) is 22.9 Å². The molecule has 26 heavy (non-hydrogen) atoms. The van der Waals surface area contributed by atoms with Gasteiger partial charge in [-0.3, -0.25) is 9.78 Å². The summed E-state index contributed by atoms with van der Waals surface area (Å²) in [4.78, 5) is 16.3. The van der Waals surface area contributed by atoms with Gasteiger partial charge in [0, 0.05) is 24.9 Å². The molecule has 138 valence electrons. The van der Waals surface area contributed by atoms with E-state index in [1.807, 2.05) is 0 Å². The third kappa shape index (κ3) is 4.87. The number of anilines is 1. The number of sulfonamides is 1. The van der Waals surface area contributed by atoms with Gasteiger partial charge >= 0.3 is 0 Å². The number of nitrogens with zero attached hydrogens (tertiary/aromatic N) is 1. The minimum Gasteiger partial charge on any atom is -0.377 e. The Kier molecular flexibility index (Phi) is 5.97. The highest BCUT2D eigenvalue weighted by Crippen LogP contribution is 2.16. The predicted octanol–water partition coefficient (Wildman–Crippen LogP) is 2.18. The number of rotatable bonds is 6. The monoisotopic (exact) mass is 375 g/mol. The number of hydrogen-bond donors (Lipinski definition) is 2. The highest BCUT2D eigenvalue weighted by Gasteiger charge is 2.20. The first-order valence-corrected chi connectivity index (χ1v) is 9.96. The zero-order valence-corrected chi connectivity index (χ0v) is 15.0. The zero-order chi connectivity index (χ0) is 18.4. The minimum absolute atomic E-state index is 0.0483. The van der Waals surface area contributed by atoms with Crippen LogP contribution < -0.4 is 10.0 Å². The maximum atomic E-state index is 12.5. The van der Waals surface area contributed by atoms with E-state index in [2.05, 4.69) is 15.0 Å². The Morgan fingerprint density at radius 1 is 1.23 bits per heavy atom. The molecule has 2 aromatic rings. The fourth-order valence-electron chi connectivity index (χ4n) is 2.70. The van der Waals surface area contributed by atoms with Gasteiger partial charge in [0.25, 0.3) is 5.91 Å². The van der Waals surface area contributed by atoms with Crippen LogP contribution in [0.15, 0.2) is 53.7 Å². The van der Waals surface area contributed by atoms with E-state index in [9.17, 15) is 13.2 Å². The van der Waals surface area contributed by atoms with Crippen molar-refractivity contribution < 1.29 is 17.9 Å². The molecule has 0 spiro atoms. The zero-order valence-electron chi connectivity index (χ0n) is 14.2. The summed E-state index contributed by atoms with van der Waals surface area (Å²) in [7, 11) is -3.71. The molecule has 1 amide bonds. The molecule has 1 atom stereocenters. The number of hydrogen-bond acceptors (Lipinski definition) is 5. The van der Waals surface area contributed by atoms with Crippen LogP contribution in [0.4, 0.5) is 5.69 Å². The van der Waals surface area contributed by atoms with Crippen molar-refractivity contribution in [2.45, 2.75) is 30.3 Å². The van der Waals surface area contributed by atoms with Crippen molar-refractivity contribution in [3.05, 3.63) is 54.4 Å². The lowest BCUT2D eigenvalue weighted by Gasteiger charge is -2.22. The fraction of sp³-hybridized carbons (Fsp3) is 0.333. The lowest BCUT2D eigenvalue weighted by Crippen LogP contribution is -2.35. The Bertz CT molecular complexity index is 850. The smallest absolute Gasteiger partial charge is 0.255 e. The molecular formula is C18H21N3O4S. The second-order valence-corrected chi connectivity index (χ2v) is 7.83. The Hall–Kier alpha value is -2.29. The predicted molar refractivity (Wildman–Crippen MR) is 97.4 cm³/mol. The summed E-state index contributed by atoms with van der Waals surface area (Å²) in [6.45, 7) is 0.894. The molecule has 0 bridgehead atoms. The number of amides is 1. The van der Waals surface area contributed by atoms with Crippen molar-refractivity contribution in [3.63, 3.8) is 0 Å². The van der Waals surface area contributed by atoms with Crippen LogP contribution in [0.25, 0.3) is 0 Å². The molecule has 1 aliphatic heterocycles. The first kappa shape index (κ1) is 18.5. The standard InChI is InChI=1S/C18H21N3O4S/c22-18(21-15-6-4-9-19-12-15)14-5-3-8-17(11-14)26(23,24)20-13-16-7-1-2-10-25-16/h3-6,8-9,11-12,16,20H,1-2,7,10,13H2,(H,21,22). The van der Waals surface area contributed by atoms with Crippen molar-refractivity contribution in [3.8, 4) is 0 Å². The highest BCUT2D eigenvalue weighted by molar-refractivity contribution is 7.89. The van der Waals surface area contributed by atoms with Crippen molar-refractivity contribution in [2.75, 3.05) is 18.5 Å². The fourth-order valence-corrected chi connectivity index (χ4v) is 3.81. The topological polar surface area (TPSA) is 97.4 Å².